The zero-order valence-corrected chi connectivity index (χ0v) is 10.3. The van der Waals surface area contributed by atoms with Crippen molar-refractivity contribution >= 4 is 5.78 Å². The van der Waals surface area contributed by atoms with Crippen molar-refractivity contribution in [2.45, 2.75) is 52.5 Å². The Bertz CT molecular complexity index is 255. The molecule has 86 valence electrons. The van der Waals surface area contributed by atoms with Crippen LogP contribution in [-0.4, -0.2) is 29.8 Å². The first-order valence-electron chi connectivity index (χ1n) is 6.30. The predicted molar refractivity (Wildman–Crippen MR) is 61.8 cm³/mol. The largest absolute Gasteiger partial charge is 0.300 e. The second-order valence-electron chi connectivity index (χ2n) is 5.90. The highest BCUT2D eigenvalue weighted by Crippen LogP contribution is 2.38. The number of carbonyl (C=O) groups excluding carboxylic acids is 1. The van der Waals surface area contributed by atoms with Crippen molar-refractivity contribution in [3.8, 4) is 0 Å². The Morgan fingerprint density at radius 2 is 2.13 bits per heavy atom. The van der Waals surface area contributed by atoms with Gasteiger partial charge in [-0.05, 0) is 24.2 Å². The van der Waals surface area contributed by atoms with E-state index in [2.05, 4.69) is 25.7 Å². The zero-order valence-electron chi connectivity index (χ0n) is 10.3. The van der Waals surface area contributed by atoms with Gasteiger partial charge in [0.1, 0.15) is 5.78 Å². The fourth-order valence-corrected chi connectivity index (χ4v) is 3.00. The molecule has 1 saturated heterocycles. The molecule has 1 aliphatic heterocycles. The van der Waals surface area contributed by atoms with Gasteiger partial charge in [-0.1, -0.05) is 20.8 Å². The van der Waals surface area contributed by atoms with Crippen LogP contribution in [-0.2, 0) is 4.79 Å². The molecular formula is C13H23NO. The second kappa shape index (κ2) is 3.89. The summed E-state index contributed by atoms with van der Waals surface area (Å²) < 4.78 is 0. The van der Waals surface area contributed by atoms with Gasteiger partial charge in [-0.25, -0.2) is 0 Å². The molecule has 2 heteroatoms. The highest BCUT2D eigenvalue weighted by molar-refractivity contribution is 5.79. The number of Topliss-reactive ketones (excluding diaryl/α,β-unsaturated/α-hetero) is 1. The Kier molecular flexibility index (Phi) is 2.89. The van der Waals surface area contributed by atoms with E-state index in [9.17, 15) is 4.79 Å². The standard InChI is InChI=1S/C13H23NO/c1-4-13(3)8-14(9-13)12-7-11(15)6-5-10(12)2/h10,12H,4-9H2,1-3H3. The van der Waals surface area contributed by atoms with Crippen LogP contribution >= 0.6 is 0 Å². The van der Waals surface area contributed by atoms with Gasteiger partial charge >= 0.3 is 0 Å². The van der Waals surface area contributed by atoms with E-state index in [4.69, 9.17) is 0 Å². The highest BCUT2D eigenvalue weighted by Gasteiger charge is 2.43. The Labute approximate surface area is 93.0 Å². The summed E-state index contributed by atoms with van der Waals surface area (Å²) in [5.74, 6) is 1.19. The third-order valence-corrected chi connectivity index (χ3v) is 4.46. The molecule has 2 atom stereocenters. The van der Waals surface area contributed by atoms with E-state index in [0.717, 1.165) is 19.3 Å². The smallest absolute Gasteiger partial charge is 0.134 e. The second-order valence-corrected chi connectivity index (χ2v) is 5.90. The van der Waals surface area contributed by atoms with Gasteiger partial charge < -0.3 is 0 Å². The van der Waals surface area contributed by atoms with Crippen molar-refractivity contribution in [2.75, 3.05) is 13.1 Å². The summed E-state index contributed by atoms with van der Waals surface area (Å²) in [7, 11) is 0. The molecular weight excluding hydrogens is 186 g/mol. The van der Waals surface area contributed by atoms with Gasteiger partial charge in [0.05, 0.1) is 0 Å². The van der Waals surface area contributed by atoms with Crippen molar-refractivity contribution in [3.63, 3.8) is 0 Å². The van der Waals surface area contributed by atoms with Gasteiger partial charge in [0, 0.05) is 32.0 Å². The van der Waals surface area contributed by atoms with Crippen LogP contribution in [0.4, 0.5) is 0 Å². The molecule has 2 unspecified atom stereocenters. The van der Waals surface area contributed by atoms with E-state index < -0.39 is 0 Å². The minimum absolute atomic E-state index is 0.475. The molecule has 0 amide bonds. The highest BCUT2D eigenvalue weighted by atomic mass is 16.1. The molecule has 0 spiro atoms. The lowest BCUT2D eigenvalue weighted by molar-refractivity contribution is -0.126. The predicted octanol–water partition coefficient (Wildman–Crippen LogP) is 2.48. The Balaban J connectivity index is 1.92. The quantitative estimate of drug-likeness (QED) is 0.696. The molecule has 2 rings (SSSR count). The third kappa shape index (κ3) is 2.10. The number of ketones is 1. The molecule has 1 heterocycles. The van der Waals surface area contributed by atoms with E-state index in [1.54, 1.807) is 0 Å². The molecule has 0 N–H and O–H groups in total. The summed E-state index contributed by atoms with van der Waals surface area (Å²) in [4.78, 5) is 14.0. The third-order valence-electron chi connectivity index (χ3n) is 4.46. The van der Waals surface area contributed by atoms with Gasteiger partial charge in [0.2, 0.25) is 0 Å². The van der Waals surface area contributed by atoms with E-state index in [0.29, 0.717) is 23.2 Å². The summed E-state index contributed by atoms with van der Waals surface area (Å²) >= 11 is 0. The molecule has 1 aliphatic carbocycles. The molecule has 2 fully saturated rings. The molecule has 0 aromatic carbocycles. The topological polar surface area (TPSA) is 20.3 Å². The fourth-order valence-electron chi connectivity index (χ4n) is 3.00. The first-order chi connectivity index (χ1) is 7.04. The van der Waals surface area contributed by atoms with E-state index in [-0.39, 0.29) is 0 Å². The summed E-state index contributed by atoms with van der Waals surface area (Å²) in [5.41, 5.74) is 0.528. The van der Waals surface area contributed by atoms with Crippen molar-refractivity contribution in [1.82, 2.24) is 4.90 Å². The van der Waals surface area contributed by atoms with E-state index >= 15 is 0 Å². The molecule has 0 aromatic rings. The average Bonchev–Trinajstić information content (AvgIpc) is 2.17. The lowest BCUT2D eigenvalue weighted by Gasteiger charge is -2.53. The van der Waals surface area contributed by atoms with Crippen LogP contribution in [0.3, 0.4) is 0 Å². The fraction of sp³-hybridized carbons (Fsp3) is 0.923. The Hall–Kier alpha value is -0.370. The number of likely N-dealkylation sites (tertiary alicyclic amines) is 1. The number of nitrogens with zero attached hydrogens (tertiary/aromatic N) is 1. The number of rotatable bonds is 2. The van der Waals surface area contributed by atoms with Gasteiger partial charge in [0.15, 0.2) is 0 Å². The number of hydrogen-bond acceptors (Lipinski definition) is 2. The molecule has 0 aromatic heterocycles. The first-order valence-corrected chi connectivity index (χ1v) is 6.30. The zero-order chi connectivity index (χ0) is 11.1. The van der Waals surface area contributed by atoms with Crippen LogP contribution in [0, 0.1) is 11.3 Å². The van der Waals surface area contributed by atoms with Gasteiger partial charge in [-0.15, -0.1) is 0 Å². The van der Waals surface area contributed by atoms with Crippen LogP contribution in [0.25, 0.3) is 0 Å². The number of hydrogen-bond donors (Lipinski definition) is 0. The molecule has 15 heavy (non-hydrogen) atoms. The van der Waals surface area contributed by atoms with Crippen LogP contribution in [0.2, 0.25) is 0 Å². The first kappa shape index (κ1) is 11.1. The molecule has 1 saturated carbocycles. The maximum Gasteiger partial charge on any atom is 0.134 e. The minimum Gasteiger partial charge on any atom is -0.300 e. The van der Waals surface area contributed by atoms with Crippen molar-refractivity contribution in [1.29, 1.82) is 0 Å². The lowest BCUT2D eigenvalue weighted by atomic mass is 9.74. The summed E-state index contributed by atoms with van der Waals surface area (Å²) in [6.45, 7) is 9.34. The molecule has 0 bridgehead atoms. The molecule has 2 aliphatic rings. The minimum atomic E-state index is 0.475. The van der Waals surface area contributed by atoms with E-state index in [1.807, 2.05) is 0 Å². The van der Waals surface area contributed by atoms with Crippen LogP contribution in [0.5, 0.6) is 0 Å². The SMILES string of the molecule is CCC1(C)CN(C2CC(=O)CCC2C)C1. The van der Waals surface area contributed by atoms with Crippen LogP contribution in [0.1, 0.15) is 46.5 Å². The lowest BCUT2D eigenvalue weighted by Crippen LogP contribution is -2.60. The molecule has 0 radical (unpaired) electrons. The van der Waals surface area contributed by atoms with Crippen molar-refractivity contribution < 1.29 is 4.79 Å². The van der Waals surface area contributed by atoms with Crippen LogP contribution < -0.4 is 0 Å². The van der Waals surface area contributed by atoms with Gasteiger partial charge in [-0.3, -0.25) is 9.69 Å². The summed E-state index contributed by atoms with van der Waals surface area (Å²) in [5, 5.41) is 0. The number of carbonyl (C=O) groups is 1. The monoisotopic (exact) mass is 209 g/mol. The van der Waals surface area contributed by atoms with E-state index in [1.165, 1.54) is 19.5 Å². The Morgan fingerprint density at radius 1 is 1.47 bits per heavy atom. The Morgan fingerprint density at radius 3 is 2.73 bits per heavy atom. The average molecular weight is 209 g/mol. The van der Waals surface area contributed by atoms with Gasteiger partial charge in [0.25, 0.3) is 0 Å². The van der Waals surface area contributed by atoms with Crippen molar-refractivity contribution in [3.05, 3.63) is 0 Å². The van der Waals surface area contributed by atoms with Gasteiger partial charge in [-0.2, -0.15) is 0 Å². The normalized spacial score (nSPS) is 36.3. The molecule has 2 nitrogen and oxygen atoms in total. The summed E-state index contributed by atoms with van der Waals surface area (Å²) in [6, 6.07) is 0.547. The van der Waals surface area contributed by atoms with Crippen LogP contribution in [0.15, 0.2) is 0 Å². The maximum absolute atomic E-state index is 11.5. The maximum atomic E-state index is 11.5. The summed E-state index contributed by atoms with van der Waals surface area (Å²) in [6.07, 6.45) is 3.99. The van der Waals surface area contributed by atoms with Crippen molar-refractivity contribution in [2.24, 2.45) is 11.3 Å².